The van der Waals surface area contributed by atoms with Crippen LogP contribution >= 0.6 is 0 Å². The second-order valence-corrected chi connectivity index (χ2v) is 5.26. The monoisotopic (exact) mass is 279 g/mol. The number of carboxylic acid groups (broad SMARTS) is 1. The van der Waals surface area contributed by atoms with E-state index in [9.17, 15) is 9.59 Å². The lowest BCUT2D eigenvalue weighted by Gasteiger charge is -2.24. The van der Waals surface area contributed by atoms with Crippen molar-refractivity contribution in [2.24, 2.45) is 0 Å². The molecular formula is C15H21NO4. The lowest BCUT2D eigenvalue weighted by atomic mass is 10.00. The lowest BCUT2D eigenvalue weighted by molar-refractivity contribution is -0.138. The number of rotatable bonds is 7. The second-order valence-electron chi connectivity index (χ2n) is 5.26. The Labute approximate surface area is 118 Å². The van der Waals surface area contributed by atoms with Crippen LogP contribution in [0.3, 0.4) is 0 Å². The summed E-state index contributed by atoms with van der Waals surface area (Å²) in [4.78, 5) is 22.6. The van der Waals surface area contributed by atoms with E-state index in [1.54, 1.807) is 13.8 Å². The van der Waals surface area contributed by atoms with Crippen LogP contribution in [0.1, 0.15) is 32.8 Å². The van der Waals surface area contributed by atoms with Crippen LogP contribution in [0.4, 0.5) is 0 Å². The Balaban J connectivity index is 2.55. The van der Waals surface area contributed by atoms with E-state index in [2.05, 4.69) is 5.32 Å². The maximum atomic E-state index is 11.9. The predicted octanol–water partition coefficient (Wildman–Crippen LogP) is 2.00. The molecule has 1 aromatic rings. The zero-order valence-electron chi connectivity index (χ0n) is 12.1. The topological polar surface area (TPSA) is 75.6 Å². The van der Waals surface area contributed by atoms with Crippen LogP contribution in [0, 0.1) is 0 Å². The molecule has 0 fully saturated rings. The van der Waals surface area contributed by atoms with Gasteiger partial charge in [0.05, 0.1) is 19.4 Å². The average Bonchev–Trinajstić information content (AvgIpc) is 2.29. The Kier molecular flexibility index (Phi) is 5.55. The summed E-state index contributed by atoms with van der Waals surface area (Å²) >= 11 is 0. The number of carbonyl (C=O) groups excluding carboxylic acids is 1. The minimum Gasteiger partial charge on any atom is -0.494 e. The number of amides is 1. The zero-order chi connectivity index (χ0) is 15.2. The fraction of sp³-hybridized carbons (Fsp3) is 0.467. The third-order valence-corrected chi connectivity index (χ3v) is 2.67. The van der Waals surface area contributed by atoms with Crippen molar-refractivity contribution in [1.82, 2.24) is 5.32 Å². The van der Waals surface area contributed by atoms with Gasteiger partial charge in [-0.25, -0.2) is 0 Å². The number of hydrogen-bond acceptors (Lipinski definition) is 3. The summed E-state index contributed by atoms with van der Waals surface area (Å²) < 4.78 is 5.32. The van der Waals surface area contributed by atoms with Gasteiger partial charge >= 0.3 is 5.97 Å². The highest BCUT2D eigenvalue weighted by Gasteiger charge is 2.23. The number of carbonyl (C=O) groups is 2. The molecule has 0 aromatic heterocycles. The standard InChI is InChI=1S/C15H21NO4/c1-4-20-12-7-5-11(6-8-12)9-13(17)16-15(2,3)10-14(18)19/h5-8H,4,9-10H2,1-3H3,(H,16,17)(H,18,19). The van der Waals surface area contributed by atoms with Crippen LogP contribution in [0.2, 0.25) is 0 Å². The van der Waals surface area contributed by atoms with E-state index >= 15 is 0 Å². The maximum Gasteiger partial charge on any atom is 0.305 e. The van der Waals surface area contributed by atoms with Crippen molar-refractivity contribution < 1.29 is 19.4 Å². The van der Waals surface area contributed by atoms with Crippen molar-refractivity contribution in [3.8, 4) is 5.75 Å². The van der Waals surface area contributed by atoms with E-state index < -0.39 is 11.5 Å². The molecule has 0 aliphatic heterocycles. The Morgan fingerprint density at radius 1 is 1.25 bits per heavy atom. The summed E-state index contributed by atoms with van der Waals surface area (Å²) in [5.41, 5.74) is 0.103. The summed E-state index contributed by atoms with van der Waals surface area (Å²) in [5.74, 6) is -0.361. The van der Waals surface area contributed by atoms with Gasteiger partial charge in [-0.05, 0) is 38.5 Å². The van der Waals surface area contributed by atoms with Crippen LogP contribution in [0.15, 0.2) is 24.3 Å². The zero-order valence-corrected chi connectivity index (χ0v) is 12.1. The maximum absolute atomic E-state index is 11.9. The first-order chi connectivity index (χ1) is 9.32. The van der Waals surface area contributed by atoms with Gasteiger partial charge < -0.3 is 15.2 Å². The van der Waals surface area contributed by atoms with E-state index in [0.717, 1.165) is 11.3 Å². The average molecular weight is 279 g/mol. The van der Waals surface area contributed by atoms with Gasteiger partial charge in [0.1, 0.15) is 5.75 Å². The number of aliphatic carboxylic acids is 1. The third kappa shape index (κ3) is 5.73. The number of nitrogens with one attached hydrogen (secondary N) is 1. The largest absolute Gasteiger partial charge is 0.494 e. The van der Waals surface area contributed by atoms with Gasteiger partial charge in [-0.1, -0.05) is 12.1 Å². The highest BCUT2D eigenvalue weighted by Crippen LogP contribution is 2.13. The first-order valence-corrected chi connectivity index (χ1v) is 6.57. The lowest BCUT2D eigenvalue weighted by Crippen LogP contribution is -2.45. The fourth-order valence-corrected chi connectivity index (χ4v) is 1.90. The minimum absolute atomic E-state index is 0.109. The van der Waals surface area contributed by atoms with Crippen LogP contribution in [0.5, 0.6) is 5.75 Å². The molecule has 0 bridgehead atoms. The molecule has 0 aliphatic carbocycles. The van der Waals surface area contributed by atoms with Crippen LogP contribution in [-0.4, -0.2) is 29.1 Å². The van der Waals surface area contributed by atoms with Gasteiger partial charge in [0.2, 0.25) is 5.91 Å². The minimum atomic E-state index is -0.934. The molecule has 0 atom stereocenters. The van der Waals surface area contributed by atoms with Crippen molar-refractivity contribution >= 4 is 11.9 Å². The van der Waals surface area contributed by atoms with Gasteiger partial charge in [-0.15, -0.1) is 0 Å². The third-order valence-electron chi connectivity index (χ3n) is 2.67. The molecule has 2 N–H and O–H groups in total. The molecule has 110 valence electrons. The molecule has 0 aliphatic rings. The summed E-state index contributed by atoms with van der Waals surface area (Å²) in [5, 5.41) is 11.5. The van der Waals surface area contributed by atoms with Gasteiger partial charge in [-0.2, -0.15) is 0 Å². The smallest absolute Gasteiger partial charge is 0.305 e. The summed E-state index contributed by atoms with van der Waals surface area (Å²) in [6.45, 7) is 5.89. The highest BCUT2D eigenvalue weighted by atomic mass is 16.5. The van der Waals surface area contributed by atoms with E-state index in [1.165, 1.54) is 0 Å². The molecule has 20 heavy (non-hydrogen) atoms. The number of carboxylic acids is 1. The second kappa shape index (κ2) is 6.93. The molecule has 0 radical (unpaired) electrons. The summed E-state index contributed by atoms with van der Waals surface area (Å²) in [7, 11) is 0. The van der Waals surface area contributed by atoms with Crippen LogP contribution in [0.25, 0.3) is 0 Å². The summed E-state index contributed by atoms with van der Waals surface area (Å²) in [6.07, 6.45) is 0.109. The first-order valence-electron chi connectivity index (χ1n) is 6.57. The Morgan fingerprint density at radius 2 is 1.85 bits per heavy atom. The highest BCUT2D eigenvalue weighted by molar-refractivity contribution is 5.80. The van der Waals surface area contributed by atoms with Gasteiger partial charge in [-0.3, -0.25) is 9.59 Å². The molecule has 0 saturated carbocycles. The first kappa shape index (κ1) is 16.0. The molecule has 5 heteroatoms. The van der Waals surface area contributed by atoms with Crippen molar-refractivity contribution in [3.05, 3.63) is 29.8 Å². The molecule has 0 spiro atoms. The summed E-state index contributed by atoms with van der Waals surface area (Å²) in [6, 6.07) is 7.28. The van der Waals surface area contributed by atoms with E-state index in [4.69, 9.17) is 9.84 Å². The molecule has 0 saturated heterocycles. The predicted molar refractivity (Wildman–Crippen MR) is 75.8 cm³/mol. The van der Waals surface area contributed by atoms with Crippen molar-refractivity contribution in [1.29, 1.82) is 0 Å². The van der Waals surface area contributed by atoms with Crippen LogP contribution in [-0.2, 0) is 16.0 Å². The van der Waals surface area contributed by atoms with Crippen molar-refractivity contribution in [2.75, 3.05) is 6.61 Å². The molecule has 1 amide bonds. The Bertz CT molecular complexity index is 465. The molecule has 0 unspecified atom stereocenters. The Morgan fingerprint density at radius 3 is 2.35 bits per heavy atom. The SMILES string of the molecule is CCOc1ccc(CC(=O)NC(C)(C)CC(=O)O)cc1. The van der Waals surface area contributed by atoms with E-state index in [0.29, 0.717) is 6.61 Å². The van der Waals surface area contributed by atoms with E-state index in [1.807, 2.05) is 31.2 Å². The van der Waals surface area contributed by atoms with Gasteiger partial charge in [0.15, 0.2) is 0 Å². The molecule has 0 heterocycles. The number of benzene rings is 1. The van der Waals surface area contributed by atoms with Crippen molar-refractivity contribution in [3.63, 3.8) is 0 Å². The van der Waals surface area contributed by atoms with Crippen molar-refractivity contribution in [2.45, 2.75) is 39.2 Å². The normalized spacial score (nSPS) is 10.9. The Hall–Kier alpha value is -2.04. The van der Waals surface area contributed by atoms with Crippen LogP contribution < -0.4 is 10.1 Å². The molecule has 1 rings (SSSR count). The number of hydrogen-bond donors (Lipinski definition) is 2. The fourth-order valence-electron chi connectivity index (χ4n) is 1.90. The molecule has 5 nitrogen and oxygen atoms in total. The molecule has 1 aromatic carbocycles. The number of ether oxygens (including phenoxy) is 1. The van der Waals surface area contributed by atoms with Gasteiger partial charge in [0.25, 0.3) is 0 Å². The molecular weight excluding hydrogens is 258 g/mol. The van der Waals surface area contributed by atoms with Gasteiger partial charge in [0, 0.05) is 5.54 Å². The van der Waals surface area contributed by atoms with E-state index in [-0.39, 0.29) is 18.7 Å². The quantitative estimate of drug-likeness (QED) is 0.800.